The van der Waals surface area contributed by atoms with Crippen molar-refractivity contribution in [1.82, 2.24) is 5.32 Å². The summed E-state index contributed by atoms with van der Waals surface area (Å²) in [6, 6.07) is 0. The normalized spacial score (nSPS) is 40.1. The minimum atomic E-state index is 0.0794. The fourth-order valence-corrected chi connectivity index (χ4v) is 5.71. The van der Waals surface area contributed by atoms with Crippen molar-refractivity contribution in [2.45, 2.75) is 57.7 Å². The van der Waals surface area contributed by atoms with Crippen LogP contribution >= 0.6 is 11.6 Å². The smallest absolute Gasteiger partial charge is 0.223 e. The SMILES string of the molecule is CC(C)CC(Cl)CNC(=O)C1C2CC3CC(C2)CC1C3. The Balaban J connectivity index is 1.53. The molecule has 4 bridgehead atoms. The molecule has 3 heteroatoms. The molecule has 0 spiro atoms. The number of amides is 1. The van der Waals surface area contributed by atoms with E-state index in [2.05, 4.69) is 19.2 Å². The summed E-state index contributed by atoms with van der Waals surface area (Å²) in [5, 5.41) is 3.22. The van der Waals surface area contributed by atoms with Gasteiger partial charge in [0.05, 0.1) is 5.38 Å². The molecule has 0 aliphatic heterocycles. The lowest BCUT2D eigenvalue weighted by atomic mass is 9.51. The second-order valence-corrected chi connectivity index (χ2v) is 8.55. The highest BCUT2D eigenvalue weighted by atomic mass is 35.5. The molecule has 4 aliphatic carbocycles. The molecule has 0 aromatic rings. The van der Waals surface area contributed by atoms with E-state index < -0.39 is 0 Å². The highest BCUT2D eigenvalue weighted by Crippen LogP contribution is 2.56. The van der Waals surface area contributed by atoms with Crippen LogP contribution in [0.15, 0.2) is 0 Å². The maximum Gasteiger partial charge on any atom is 0.223 e. The van der Waals surface area contributed by atoms with Gasteiger partial charge in [-0.25, -0.2) is 0 Å². The Labute approximate surface area is 128 Å². The zero-order valence-electron chi connectivity index (χ0n) is 12.8. The molecule has 4 fully saturated rings. The third-order valence-corrected chi connectivity index (χ3v) is 6.09. The van der Waals surface area contributed by atoms with Crippen molar-refractivity contribution in [3.63, 3.8) is 0 Å². The summed E-state index contributed by atoms with van der Waals surface area (Å²) in [4.78, 5) is 12.6. The van der Waals surface area contributed by atoms with Crippen LogP contribution in [0.4, 0.5) is 0 Å². The zero-order chi connectivity index (χ0) is 14.3. The average Bonchev–Trinajstić information content (AvgIpc) is 2.34. The molecule has 0 saturated heterocycles. The van der Waals surface area contributed by atoms with Crippen molar-refractivity contribution in [3.8, 4) is 0 Å². The lowest BCUT2D eigenvalue weighted by Crippen LogP contribution is -2.51. The van der Waals surface area contributed by atoms with E-state index in [1.165, 1.54) is 32.1 Å². The third kappa shape index (κ3) is 3.00. The fraction of sp³-hybridized carbons (Fsp3) is 0.941. The second-order valence-electron chi connectivity index (χ2n) is 7.93. The monoisotopic (exact) mass is 297 g/mol. The van der Waals surface area contributed by atoms with Crippen LogP contribution in [0.2, 0.25) is 0 Å². The van der Waals surface area contributed by atoms with Gasteiger partial charge >= 0.3 is 0 Å². The minimum Gasteiger partial charge on any atom is -0.354 e. The highest BCUT2D eigenvalue weighted by Gasteiger charge is 2.50. The number of hydrogen-bond acceptors (Lipinski definition) is 1. The van der Waals surface area contributed by atoms with Gasteiger partial charge in [-0.05, 0) is 68.1 Å². The van der Waals surface area contributed by atoms with Gasteiger partial charge in [0.15, 0.2) is 0 Å². The molecule has 1 atom stereocenters. The van der Waals surface area contributed by atoms with Gasteiger partial charge in [0.2, 0.25) is 5.91 Å². The molecule has 1 N–H and O–H groups in total. The van der Waals surface area contributed by atoms with Crippen molar-refractivity contribution in [1.29, 1.82) is 0 Å². The molecule has 4 saturated carbocycles. The van der Waals surface area contributed by atoms with Gasteiger partial charge in [-0.1, -0.05) is 13.8 Å². The van der Waals surface area contributed by atoms with Crippen LogP contribution in [-0.2, 0) is 4.79 Å². The molecule has 0 aromatic heterocycles. The average molecular weight is 298 g/mol. The number of alkyl halides is 1. The van der Waals surface area contributed by atoms with Gasteiger partial charge in [-0.15, -0.1) is 11.6 Å². The van der Waals surface area contributed by atoms with Gasteiger partial charge in [0, 0.05) is 12.5 Å². The molecule has 0 radical (unpaired) electrons. The van der Waals surface area contributed by atoms with E-state index in [0.717, 1.165) is 18.3 Å². The molecule has 114 valence electrons. The van der Waals surface area contributed by atoms with Crippen LogP contribution in [-0.4, -0.2) is 17.8 Å². The summed E-state index contributed by atoms with van der Waals surface area (Å²) in [6.45, 7) is 4.99. The van der Waals surface area contributed by atoms with Crippen LogP contribution in [0.1, 0.15) is 52.4 Å². The topological polar surface area (TPSA) is 29.1 Å². The van der Waals surface area contributed by atoms with Crippen LogP contribution in [0.25, 0.3) is 0 Å². The lowest BCUT2D eigenvalue weighted by molar-refractivity contribution is -0.138. The Morgan fingerprint density at radius 1 is 1.10 bits per heavy atom. The van der Waals surface area contributed by atoms with Crippen molar-refractivity contribution < 1.29 is 4.79 Å². The summed E-state index contributed by atoms with van der Waals surface area (Å²) >= 11 is 6.29. The standard InChI is InChI=1S/C17H28ClNO/c1-10(2)3-15(18)9-19-17(20)16-13-5-11-4-12(7-13)8-14(16)6-11/h10-16H,3-9H2,1-2H3,(H,19,20). The van der Waals surface area contributed by atoms with Crippen LogP contribution < -0.4 is 5.32 Å². The summed E-state index contributed by atoms with van der Waals surface area (Å²) in [6.07, 6.45) is 7.65. The summed E-state index contributed by atoms with van der Waals surface area (Å²) in [5.41, 5.74) is 0. The number of carbonyl (C=O) groups excluding carboxylic acids is 1. The van der Waals surface area contributed by atoms with E-state index in [-0.39, 0.29) is 5.38 Å². The number of nitrogens with one attached hydrogen (secondary N) is 1. The lowest BCUT2D eigenvalue weighted by Gasteiger charge is -2.53. The van der Waals surface area contributed by atoms with E-state index in [1.807, 2.05) is 0 Å². The van der Waals surface area contributed by atoms with Crippen molar-refractivity contribution >= 4 is 17.5 Å². The number of hydrogen-bond donors (Lipinski definition) is 1. The second kappa shape index (κ2) is 5.87. The molecule has 4 aliphatic rings. The molecule has 1 amide bonds. The van der Waals surface area contributed by atoms with E-state index in [4.69, 9.17) is 11.6 Å². The van der Waals surface area contributed by atoms with Crippen LogP contribution in [0.3, 0.4) is 0 Å². The Morgan fingerprint density at radius 3 is 2.15 bits per heavy atom. The van der Waals surface area contributed by atoms with Crippen molar-refractivity contribution in [3.05, 3.63) is 0 Å². The van der Waals surface area contributed by atoms with Crippen LogP contribution in [0, 0.1) is 35.5 Å². The number of halogens is 1. The highest BCUT2D eigenvalue weighted by molar-refractivity contribution is 6.20. The molecular formula is C17H28ClNO. The van der Waals surface area contributed by atoms with E-state index >= 15 is 0 Å². The summed E-state index contributed by atoms with van der Waals surface area (Å²) < 4.78 is 0. The predicted octanol–water partition coefficient (Wildman–Crippen LogP) is 3.83. The van der Waals surface area contributed by atoms with Gasteiger partial charge in [-0.2, -0.15) is 0 Å². The van der Waals surface area contributed by atoms with E-state index in [0.29, 0.717) is 36.1 Å². The van der Waals surface area contributed by atoms with Crippen LogP contribution in [0.5, 0.6) is 0 Å². The Morgan fingerprint density at radius 2 is 1.65 bits per heavy atom. The first-order valence-corrected chi connectivity index (χ1v) is 8.88. The molecule has 2 nitrogen and oxygen atoms in total. The van der Waals surface area contributed by atoms with E-state index in [1.54, 1.807) is 0 Å². The van der Waals surface area contributed by atoms with Crippen molar-refractivity contribution in [2.75, 3.05) is 6.54 Å². The summed E-state index contributed by atoms with van der Waals surface area (Å²) in [7, 11) is 0. The quantitative estimate of drug-likeness (QED) is 0.768. The predicted molar refractivity (Wildman–Crippen MR) is 82.6 cm³/mol. The Kier molecular flexibility index (Phi) is 4.31. The van der Waals surface area contributed by atoms with Gasteiger partial charge in [-0.3, -0.25) is 4.79 Å². The minimum absolute atomic E-state index is 0.0794. The Bertz CT molecular complexity index is 340. The molecular weight excluding hydrogens is 270 g/mol. The van der Waals surface area contributed by atoms with Crippen molar-refractivity contribution in [2.24, 2.45) is 35.5 Å². The molecule has 1 unspecified atom stereocenters. The fourth-order valence-electron chi connectivity index (χ4n) is 5.28. The molecule has 20 heavy (non-hydrogen) atoms. The Hall–Kier alpha value is -0.240. The van der Waals surface area contributed by atoms with Gasteiger partial charge < -0.3 is 5.32 Å². The molecule has 4 rings (SSSR count). The maximum atomic E-state index is 12.6. The number of carbonyl (C=O) groups is 1. The maximum absolute atomic E-state index is 12.6. The van der Waals surface area contributed by atoms with E-state index in [9.17, 15) is 4.79 Å². The molecule has 0 aromatic carbocycles. The number of rotatable bonds is 5. The zero-order valence-corrected chi connectivity index (χ0v) is 13.5. The molecule has 0 heterocycles. The third-order valence-electron chi connectivity index (χ3n) is 5.75. The first-order valence-electron chi connectivity index (χ1n) is 8.44. The largest absolute Gasteiger partial charge is 0.354 e. The first-order chi connectivity index (χ1) is 9.52. The summed E-state index contributed by atoms with van der Waals surface area (Å²) in [5.74, 6) is 4.40. The van der Waals surface area contributed by atoms with Gasteiger partial charge in [0.1, 0.15) is 0 Å². The first kappa shape index (κ1) is 14.7. The van der Waals surface area contributed by atoms with Gasteiger partial charge in [0.25, 0.3) is 0 Å².